The molecule has 1 atom stereocenters. The van der Waals surface area contributed by atoms with Gasteiger partial charge in [-0.1, -0.05) is 36.4 Å². The molecule has 0 spiro atoms. The zero-order valence-corrected chi connectivity index (χ0v) is 24.0. The molecule has 4 amide bonds. The van der Waals surface area contributed by atoms with Gasteiger partial charge in [0.15, 0.2) is 0 Å². The molecule has 1 N–H and O–H groups in total. The smallest absolute Gasteiger partial charge is 0.410 e. The molecule has 10 nitrogen and oxygen atoms in total. The van der Waals surface area contributed by atoms with E-state index in [-0.39, 0.29) is 30.2 Å². The van der Waals surface area contributed by atoms with Gasteiger partial charge in [-0.05, 0) is 61.4 Å². The van der Waals surface area contributed by atoms with Crippen LogP contribution in [-0.4, -0.2) is 90.4 Å². The number of ether oxygens (including phenoxy) is 1. The summed E-state index contributed by atoms with van der Waals surface area (Å²) >= 11 is 0. The fourth-order valence-electron chi connectivity index (χ4n) is 6.55. The topological polar surface area (TPSA) is 102 Å². The average Bonchev–Trinajstić information content (AvgIpc) is 3.35. The molecule has 4 aliphatic rings. The second kappa shape index (κ2) is 12.5. The van der Waals surface area contributed by atoms with Crippen LogP contribution in [0.25, 0.3) is 0 Å². The molecule has 4 aliphatic heterocycles. The number of hydrogen-bond donors (Lipinski definition) is 1. The van der Waals surface area contributed by atoms with Crippen molar-refractivity contribution >= 4 is 29.5 Å². The standard InChI is InChI=1S/C32H39N5O5/c38-29-9-8-28(30(39)33-29)37-21-25-6-7-26(20-27(25)31(37)40)35-14-11-23(12-15-35)10-13-34-16-18-36(19-17-34)32(41)42-22-24-4-2-1-3-5-24/h1-7,20,23,28H,8-19,21-22H2,(H,33,38,39). The van der Waals surface area contributed by atoms with Gasteiger partial charge in [-0.3, -0.25) is 24.6 Å². The van der Waals surface area contributed by atoms with Crippen LogP contribution in [0.15, 0.2) is 48.5 Å². The highest BCUT2D eigenvalue weighted by atomic mass is 16.6. The lowest BCUT2D eigenvalue weighted by Crippen LogP contribution is -2.52. The summed E-state index contributed by atoms with van der Waals surface area (Å²) in [5.74, 6) is -0.113. The molecule has 4 heterocycles. The number of amides is 4. The van der Waals surface area contributed by atoms with Crippen molar-refractivity contribution in [2.45, 2.75) is 51.3 Å². The van der Waals surface area contributed by atoms with Crippen molar-refractivity contribution in [3.8, 4) is 0 Å². The average molecular weight is 574 g/mol. The van der Waals surface area contributed by atoms with Crippen LogP contribution in [0.2, 0.25) is 0 Å². The van der Waals surface area contributed by atoms with Crippen LogP contribution < -0.4 is 10.2 Å². The molecule has 2 aromatic rings. The van der Waals surface area contributed by atoms with Crippen LogP contribution in [-0.2, 0) is 27.5 Å². The van der Waals surface area contributed by atoms with Crippen molar-refractivity contribution in [3.63, 3.8) is 0 Å². The highest BCUT2D eigenvalue weighted by molar-refractivity contribution is 6.05. The number of rotatable bonds is 7. The number of anilines is 1. The second-order valence-corrected chi connectivity index (χ2v) is 11.8. The van der Waals surface area contributed by atoms with Gasteiger partial charge >= 0.3 is 6.09 Å². The van der Waals surface area contributed by atoms with Crippen LogP contribution in [0.1, 0.15) is 53.6 Å². The largest absolute Gasteiger partial charge is 0.445 e. The van der Waals surface area contributed by atoms with Gasteiger partial charge in [0.2, 0.25) is 11.8 Å². The fourth-order valence-corrected chi connectivity index (χ4v) is 6.55. The van der Waals surface area contributed by atoms with E-state index in [1.165, 1.54) is 0 Å². The Kier molecular flexibility index (Phi) is 8.41. The van der Waals surface area contributed by atoms with Crippen molar-refractivity contribution in [3.05, 3.63) is 65.2 Å². The molecule has 3 saturated heterocycles. The number of nitrogens with zero attached hydrogens (tertiary/aromatic N) is 4. The maximum atomic E-state index is 13.2. The third-order valence-electron chi connectivity index (χ3n) is 9.18. The van der Waals surface area contributed by atoms with Crippen molar-refractivity contribution in [1.82, 2.24) is 20.0 Å². The first-order valence-electron chi connectivity index (χ1n) is 15.1. The SMILES string of the molecule is O=C1CCC(N2Cc3ccc(N4CCC(CCN5CCN(C(=O)OCc6ccccc6)CC5)CC4)cc3C2=O)C(=O)N1. The van der Waals surface area contributed by atoms with E-state index in [0.717, 1.165) is 68.8 Å². The van der Waals surface area contributed by atoms with E-state index in [1.807, 2.05) is 47.4 Å². The number of nitrogens with one attached hydrogen (secondary N) is 1. The van der Waals surface area contributed by atoms with Gasteiger partial charge in [0.25, 0.3) is 5.91 Å². The molecule has 2 aromatic carbocycles. The molecular formula is C32H39N5O5. The van der Waals surface area contributed by atoms with Gasteiger partial charge in [-0.25, -0.2) is 4.79 Å². The third kappa shape index (κ3) is 6.28. The van der Waals surface area contributed by atoms with Gasteiger partial charge in [-0.15, -0.1) is 0 Å². The Morgan fingerprint density at radius 3 is 2.40 bits per heavy atom. The Morgan fingerprint density at radius 2 is 1.67 bits per heavy atom. The second-order valence-electron chi connectivity index (χ2n) is 11.8. The number of carbonyl (C=O) groups excluding carboxylic acids is 4. The predicted molar refractivity (Wildman–Crippen MR) is 157 cm³/mol. The van der Waals surface area contributed by atoms with E-state index < -0.39 is 6.04 Å². The molecule has 0 bridgehead atoms. The van der Waals surface area contributed by atoms with E-state index in [4.69, 9.17) is 4.74 Å². The lowest BCUT2D eigenvalue weighted by molar-refractivity contribution is -0.136. The Labute approximate surface area is 246 Å². The lowest BCUT2D eigenvalue weighted by Gasteiger charge is -2.37. The number of hydrogen-bond acceptors (Lipinski definition) is 7. The van der Waals surface area contributed by atoms with Gasteiger partial charge < -0.3 is 19.4 Å². The monoisotopic (exact) mass is 573 g/mol. The van der Waals surface area contributed by atoms with Crippen LogP contribution in [0, 0.1) is 5.92 Å². The maximum absolute atomic E-state index is 13.2. The molecule has 0 aliphatic carbocycles. The number of piperazine rings is 1. The summed E-state index contributed by atoms with van der Waals surface area (Å²) in [6.45, 7) is 6.81. The normalized spacial score (nSPS) is 21.9. The first-order valence-corrected chi connectivity index (χ1v) is 15.1. The summed E-state index contributed by atoms with van der Waals surface area (Å²) in [5.41, 5.74) is 3.66. The molecule has 222 valence electrons. The summed E-state index contributed by atoms with van der Waals surface area (Å²) < 4.78 is 5.49. The van der Waals surface area contributed by atoms with E-state index in [9.17, 15) is 19.2 Å². The highest BCUT2D eigenvalue weighted by Gasteiger charge is 2.39. The van der Waals surface area contributed by atoms with Crippen LogP contribution >= 0.6 is 0 Å². The van der Waals surface area contributed by atoms with Crippen LogP contribution in [0.5, 0.6) is 0 Å². The third-order valence-corrected chi connectivity index (χ3v) is 9.18. The van der Waals surface area contributed by atoms with E-state index in [2.05, 4.69) is 21.2 Å². The van der Waals surface area contributed by atoms with E-state index >= 15 is 0 Å². The summed E-state index contributed by atoms with van der Waals surface area (Å²) in [5, 5.41) is 2.36. The van der Waals surface area contributed by atoms with Crippen molar-refractivity contribution in [2.24, 2.45) is 5.92 Å². The Balaban J connectivity index is 0.923. The molecule has 0 saturated carbocycles. The zero-order valence-electron chi connectivity index (χ0n) is 24.0. The molecule has 3 fully saturated rings. The lowest BCUT2D eigenvalue weighted by atomic mass is 9.92. The molecule has 1 unspecified atom stereocenters. The molecule has 0 aromatic heterocycles. The summed E-state index contributed by atoms with van der Waals surface area (Å²) in [6, 6.07) is 15.3. The van der Waals surface area contributed by atoms with Crippen molar-refractivity contribution in [2.75, 3.05) is 50.7 Å². The number of fused-ring (bicyclic) bond motifs is 1. The van der Waals surface area contributed by atoms with Crippen LogP contribution in [0.4, 0.5) is 10.5 Å². The first kappa shape index (κ1) is 28.2. The van der Waals surface area contributed by atoms with E-state index in [1.54, 1.807) is 4.90 Å². The van der Waals surface area contributed by atoms with Gasteiger partial charge in [0.1, 0.15) is 12.6 Å². The molecule has 0 radical (unpaired) electrons. The number of piperidine rings is 2. The van der Waals surface area contributed by atoms with Gasteiger partial charge in [0, 0.05) is 63.5 Å². The minimum atomic E-state index is -0.585. The highest BCUT2D eigenvalue weighted by Crippen LogP contribution is 2.32. The van der Waals surface area contributed by atoms with Crippen LogP contribution in [0.3, 0.4) is 0 Å². The van der Waals surface area contributed by atoms with E-state index in [0.29, 0.717) is 44.1 Å². The van der Waals surface area contributed by atoms with Gasteiger partial charge in [-0.2, -0.15) is 0 Å². The predicted octanol–water partition coefficient (Wildman–Crippen LogP) is 3.01. The number of carbonyl (C=O) groups is 4. The Morgan fingerprint density at radius 1 is 0.905 bits per heavy atom. The Bertz CT molecular complexity index is 1320. The maximum Gasteiger partial charge on any atom is 0.410 e. The van der Waals surface area contributed by atoms with Gasteiger partial charge in [0.05, 0.1) is 0 Å². The molecule has 10 heteroatoms. The van der Waals surface area contributed by atoms with Crippen molar-refractivity contribution in [1.29, 1.82) is 0 Å². The summed E-state index contributed by atoms with van der Waals surface area (Å²) in [7, 11) is 0. The Hall–Kier alpha value is -3.92. The minimum Gasteiger partial charge on any atom is -0.445 e. The zero-order chi connectivity index (χ0) is 29.1. The summed E-state index contributed by atoms with van der Waals surface area (Å²) in [6.07, 6.45) is 3.77. The van der Waals surface area contributed by atoms with Crippen molar-refractivity contribution < 1.29 is 23.9 Å². The fraction of sp³-hybridized carbons (Fsp3) is 0.500. The molecule has 42 heavy (non-hydrogen) atoms. The minimum absolute atomic E-state index is 0.124. The first-order chi connectivity index (χ1) is 20.4. The number of benzene rings is 2. The molecule has 6 rings (SSSR count). The molecular weight excluding hydrogens is 534 g/mol. The summed E-state index contributed by atoms with van der Waals surface area (Å²) in [4.78, 5) is 57.8. The number of imide groups is 1. The quantitative estimate of drug-likeness (QED) is 0.508.